The van der Waals surface area contributed by atoms with Crippen molar-refractivity contribution < 1.29 is 13.9 Å². The number of fused-ring (bicyclic) bond motifs is 1. The van der Waals surface area contributed by atoms with Crippen molar-refractivity contribution in [1.82, 2.24) is 14.8 Å². The van der Waals surface area contributed by atoms with Gasteiger partial charge < -0.3 is 9.47 Å². The van der Waals surface area contributed by atoms with Gasteiger partial charge >= 0.3 is 0 Å². The third kappa shape index (κ3) is 4.50. The van der Waals surface area contributed by atoms with Crippen molar-refractivity contribution in [2.75, 3.05) is 6.79 Å². The molecule has 0 saturated carbocycles. The summed E-state index contributed by atoms with van der Waals surface area (Å²) < 4.78 is 27.1. The van der Waals surface area contributed by atoms with Crippen LogP contribution in [0.1, 0.15) is 22.5 Å². The number of hydrogen-bond acceptors (Lipinski definition) is 5. The summed E-state index contributed by atoms with van der Waals surface area (Å²) in [5.41, 5.74) is 3.54. The molecule has 8 heteroatoms. The molecule has 2 heterocycles. The largest absolute Gasteiger partial charge is 0.467 e. The second-order valence-electron chi connectivity index (χ2n) is 7.33. The van der Waals surface area contributed by atoms with Gasteiger partial charge in [0.05, 0.1) is 6.61 Å². The molecule has 1 aliphatic heterocycles. The minimum Gasteiger partial charge on any atom is -0.467 e. The average molecular weight is 468 g/mol. The quantitative estimate of drug-likeness (QED) is 0.335. The molecule has 4 aromatic rings. The topological polar surface area (TPSA) is 49.2 Å². The number of halogens is 2. The molecule has 0 atom stereocenters. The van der Waals surface area contributed by atoms with Gasteiger partial charge in [-0.25, -0.2) is 4.39 Å². The molecule has 32 heavy (non-hydrogen) atoms. The van der Waals surface area contributed by atoms with E-state index in [1.165, 1.54) is 23.9 Å². The maximum atomic E-state index is 14.1. The SMILES string of the molecule is Fc1cc2c(c(CSc3nnc(Cc4ccccc4)n3-c3ccc(Cl)cc3)c1)OCOC2. The molecule has 3 aromatic carbocycles. The number of ether oxygens (including phenoxy) is 2. The Labute approximate surface area is 194 Å². The summed E-state index contributed by atoms with van der Waals surface area (Å²) in [6.07, 6.45) is 0.632. The molecule has 0 aliphatic carbocycles. The van der Waals surface area contributed by atoms with Gasteiger partial charge in [-0.05, 0) is 42.0 Å². The molecule has 0 radical (unpaired) electrons. The lowest BCUT2D eigenvalue weighted by Crippen LogP contribution is -2.13. The van der Waals surface area contributed by atoms with Crippen molar-refractivity contribution >= 4 is 23.4 Å². The number of aromatic nitrogens is 3. The van der Waals surface area contributed by atoms with Crippen molar-refractivity contribution in [3.8, 4) is 11.4 Å². The van der Waals surface area contributed by atoms with E-state index in [0.29, 0.717) is 34.7 Å². The maximum Gasteiger partial charge on any atom is 0.196 e. The molecule has 0 bridgehead atoms. The Kier molecular flexibility index (Phi) is 6.12. The monoisotopic (exact) mass is 467 g/mol. The van der Waals surface area contributed by atoms with Crippen LogP contribution in [0.3, 0.4) is 0 Å². The van der Waals surface area contributed by atoms with Gasteiger partial charge in [-0.15, -0.1) is 10.2 Å². The first-order valence-electron chi connectivity index (χ1n) is 10.1. The summed E-state index contributed by atoms with van der Waals surface area (Å²) in [5.74, 6) is 1.67. The van der Waals surface area contributed by atoms with Crippen LogP contribution in [-0.4, -0.2) is 21.6 Å². The van der Waals surface area contributed by atoms with Gasteiger partial charge in [0.1, 0.15) is 17.4 Å². The van der Waals surface area contributed by atoms with Gasteiger partial charge in [-0.1, -0.05) is 53.7 Å². The number of rotatable bonds is 6. The molecular formula is C24H19ClFN3O2S. The molecule has 0 fully saturated rings. The average Bonchev–Trinajstić information content (AvgIpc) is 3.21. The summed E-state index contributed by atoms with van der Waals surface area (Å²) in [7, 11) is 0. The van der Waals surface area contributed by atoms with Crippen LogP contribution in [0.4, 0.5) is 4.39 Å². The highest BCUT2D eigenvalue weighted by Gasteiger charge is 2.20. The Morgan fingerprint density at radius 2 is 1.84 bits per heavy atom. The summed E-state index contributed by atoms with van der Waals surface area (Å²) in [6.45, 7) is 0.505. The Morgan fingerprint density at radius 1 is 1.03 bits per heavy atom. The molecule has 0 spiro atoms. The van der Waals surface area contributed by atoms with Crippen molar-refractivity contribution in [2.45, 2.75) is 23.9 Å². The maximum absolute atomic E-state index is 14.1. The standard InChI is InChI=1S/C24H19ClFN3O2S/c25-19-6-8-21(9-7-19)29-22(10-16-4-2-1-3-5-16)27-28-24(29)32-14-18-12-20(26)11-17-13-30-15-31-23(17)18/h1-9,11-12H,10,13-15H2. The fourth-order valence-electron chi connectivity index (χ4n) is 3.64. The summed E-state index contributed by atoms with van der Waals surface area (Å²) >= 11 is 7.58. The fraction of sp³-hybridized carbons (Fsp3) is 0.167. The van der Waals surface area contributed by atoms with Crippen LogP contribution >= 0.6 is 23.4 Å². The predicted octanol–water partition coefficient (Wildman–Crippen LogP) is 5.81. The van der Waals surface area contributed by atoms with E-state index in [1.807, 2.05) is 47.0 Å². The van der Waals surface area contributed by atoms with Crippen molar-refractivity contribution in [2.24, 2.45) is 0 Å². The second kappa shape index (κ2) is 9.32. The highest BCUT2D eigenvalue weighted by Crippen LogP contribution is 2.34. The van der Waals surface area contributed by atoms with Crippen LogP contribution in [0, 0.1) is 5.82 Å². The zero-order valence-electron chi connectivity index (χ0n) is 17.0. The van der Waals surface area contributed by atoms with E-state index in [9.17, 15) is 4.39 Å². The minimum atomic E-state index is -0.308. The van der Waals surface area contributed by atoms with Crippen molar-refractivity contribution in [3.63, 3.8) is 0 Å². The number of hydrogen-bond donors (Lipinski definition) is 0. The minimum absolute atomic E-state index is 0.165. The second-order valence-corrected chi connectivity index (χ2v) is 8.70. The molecule has 1 aliphatic rings. The molecule has 0 amide bonds. The van der Waals surface area contributed by atoms with Crippen LogP contribution in [0.2, 0.25) is 5.02 Å². The first-order chi connectivity index (χ1) is 15.7. The van der Waals surface area contributed by atoms with Crippen molar-refractivity contribution in [3.05, 3.63) is 100 Å². The van der Waals surface area contributed by atoms with E-state index in [-0.39, 0.29) is 12.6 Å². The molecule has 0 saturated heterocycles. The van der Waals surface area contributed by atoms with Crippen molar-refractivity contribution in [1.29, 1.82) is 0 Å². The molecule has 162 valence electrons. The lowest BCUT2D eigenvalue weighted by Gasteiger charge is -2.20. The number of nitrogens with zero attached hydrogens (tertiary/aromatic N) is 3. The van der Waals surface area contributed by atoms with E-state index in [4.69, 9.17) is 21.1 Å². The Balaban J connectivity index is 1.48. The van der Waals surface area contributed by atoms with Gasteiger partial charge in [0, 0.05) is 34.0 Å². The van der Waals surface area contributed by atoms with E-state index in [1.54, 1.807) is 0 Å². The highest BCUT2D eigenvalue weighted by atomic mass is 35.5. The Bertz CT molecular complexity index is 1230. The zero-order chi connectivity index (χ0) is 21.9. The normalized spacial score (nSPS) is 12.9. The van der Waals surface area contributed by atoms with Gasteiger partial charge in [0.25, 0.3) is 0 Å². The molecule has 0 unspecified atom stereocenters. The van der Waals surface area contributed by atoms with Crippen LogP contribution in [-0.2, 0) is 23.5 Å². The highest BCUT2D eigenvalue weighted by molar-refractivity contribution is 7.98. The lowest BCUT2D eigenvalue weighted by molar-refractivity contribution is -0.0171. The number of thioether (sulfide) groups is 1. The van der Waals surface area contributed by atoms with Gasteiger partial charge in [0.2, 0.25) is 0 Å². The van der Waals surface area contributed by atoms with Crippen LogP contribution in [0.5, 0.6) is 5.75 Å². The first-order valence-corrected chi connectivity index (χ1v) is 11.4. The van der Waals surface area contributed by atoms with E-state index in [2.05, 4.69) is 22.3 Å². The van der Waals surface area contributed by atoms with E-state index < -0.39 is 0 Å². The number of benzene rings is 3. The molecule has 5 rings (SSSR count). The zero-order valence-corrected chi connectivity index (χ0v) is 18.6. The van der Waals surface area contributed by atoms with Gasteiger partial charge in [-0.2, -0.15) is 0 Å². The first kappa shape index (κ1) is 21.0. The molecular weight excluding hydrogens is 449 g/mol. The third-order valence-electron chi connectivity index (χ3n) is 5.10. The predicted molar refractivity (Wildman–Crippen MR) is 122 cm³/mol. The van der Waals surface area contributed by atoms with Crippen LogP contribution in [0.15, 0.2) is 71.9 Å². The van der Waals surface area contributed by atoms with E-state index in [0.717, 1.165) is 28.2 Å². The molecule has 5 nitrogen and oxygen atoms in total. The summed E-state index contributed by atoms with van der Waals surface area (Å²) in [4.78, 5) is 0. The smallest absolute Gasteiger partial charge is 0.196 e. The van der Waals surface area contributed by atoms with Crippen LogP contribution < -0.4 is 4.74 Å². The summed E-state index contributed by atoms with van der Waals surface area (Å²) in [5, 5.41) is 10.3. The van der Waals surface area contributed by atoms with E-state index >= 15 is 0 Å². The Hall–Kier alpha value is -2.87. The van der Waals surface area contributed by atoms with Gasteiger partial charge in [-0.3, -0.25) is 4.57 Å². The van der Waals surface area contributed by atoms with Gasteiger partial charge in [0.15, 0.2) is 11.9 Å². The fourth-order valence-corrected chi connectivity index (χ4v) is 4.71. The lowest BCUT2D eigenvalue weighted by atomic mass is 10.1. The van der Waals surface area contributed by atoms with Crippen LogP contribution in [0.25, 0.3) is 5.69 Å². The molecule has 1 aromatic heterocycles. The molecule has 0 N–H and O–H groups in total. The third-order valence-corrected chi connectivity index (χ3v) is 6.33. The Morgan fingerprint density at radius 3 is 2.66 bits per heavy atom. The summed E-state index contributed by atoms with van der Waals surface area (Å²) in [6, 6.07) is 20.6.